The summed E-state index contributed by atoms with van der Waals surface area (Å²) in [5.41, 5.74) is 2.77. The number of aromatic nitrogens is 1. The number of thiophene rings is 2. The number of hydrogen-bond donors (Lipinski definition) is 1. The van der Waals surface area contributed by atoms with Gasteiger partial charge in [0.05, 0.1) is 33.8 Å². The molecule has 3 heterocycles. The summed E-state index contributed by atoms with van der Waals surface area (Å²) >= 11 is 2.77. The number of carbonyl (C=O) groups is 3. The standard InChI is InChI=1S/C30H24N2O5S2/c1-3-36-29(34)22-17-26(19-10-5-4-6-11-19)39-28(22)32-27(33)18(2)37-30(35)21-16-24(25-14-9-15-38-25)31-23-13-8-7-12-20(21)23/h4-18H,3H2,1-2H3,(H,32,33). The number of pyridine rings is 1. The van der Waals surface area contributed by atoms with E-state index in [1.807, 2.05) is 66.0 Å². The van der Waals surface area contributed by atoms with Crippen molar-refractivity contribution < 1.29 is 23.9 Å². The zero-order valence-electron chi connectivity index (χ0n) is 21.2. The summed E-state index contributed by atoms with van der Waals surface area (Å²) in [7, 11) is 0. The lowest BCUT2D eigenvalue weighted by molar-refractivity contribution is -0.123. The van der Waals surface area contributed by atoms with E-state index in [1.54, 1.807) is 25.1 Å². The average molecular weight is 557 g/mol. The number of hydrogen-bond acceptors (Lipinski definition) is 8. The molecule has 0 saturated carbocycles. The molecule has 0 aliphatic heterocycles. The number of amides is 1. The van der Waals surface area contributed by atoms with E-state index in [2.05, 4.69) is 10.3 Å². The molecule has 1 N–H and O–H groups in total. The summed E-state index contributed by atoms with van der Waals surface area (Å²) in [5, 5.41) is 5.66. The summed E-state index contributed by atoms with van der Waals surface area (Å²) in [6, 6.07) is 24.0. The fourth-order valence-corrected chi connectivity index (χ4v) is 5.72. The van der Waals surface area contributed by atoms with Gasteiger partial charge in [0.1, 0.15) is 5.00 Å². The molecule has 0 fully saturated rings. The number of carbonyl (C=O) groups excluding carboxylic acids is 3. The zero-order valence-corrected chi connectivity index (χ0v) is 22.8. The van der Waals surface area contributed by atoms with Gasteiger partial charge in [-0.15, -0.1) is 22.7 Å². The van der Waals surface area contributed by atoms with Crippen molar-refractivity contribution in [2.75, 3.05) is 11.9 Å². The zero-order chi connectivity index (χ0) is 27.4. The molecular weight excluding hydrogens is 532 g/mol. The fraction of sp³-hybridized carbons (Fsp3) is 0.133. The van der Waals surface area contributed by atoms with Crippen molar-refractivity contribution in [2.24, 2.45) is 0 Å². The van der Waals surface area contributed by atoms with Gasteiger partial charge < -0.3 is 14.8 Å². The Balaban J connectivity index is 1.39. The Morgan fingerprint density at radius 2 is 1.67 bits per heavy atom. The van der Waals surface area contributed by atoms with Crippen molar-refractivity contribution in [2.45, 2.75) is 20.0 Å². The highest BCUT2D eigenvalue weighted by molar-refractivity contribution is 7.20. The van der Waals surface area contributed by atoms with Crippen LogP contribution in [0, 0.1) is 0 Å². The number of benzene rings is 2. The van der Waals surface area contributed by atoms with Crippen molar-refractivity contribution in [3.63, 3.8) is 0 Å². The van der Waals surface area contributed by atoms with E-state index in [9.17, 15) is 14.4 Å². The number of para-hydroxylation sites is 1. The van der Waals surface area contributed by atoms with Gasteiger partial charge in [0.25, 0.3) is 5.91 Å². The Morgan fingerprint density at radius 3 is 2.41 bits per heavy atom. The van der Waals surface area contributed by atoms with E-state index in [1.165, 1.54) is 29.6 Å². The number of rotatable bonds is 8. The van der Waals surface area contributed by atoms with Crippen LogP contribution in [0.2, 0.25) is 0 Å². The maximum absolute atomic E-state index is 13.3. The van der Waals surface area contributed by atoms with Crippen LogP contribution in [0.3, 0.4) is 0 Å². The Labute approximate surface area is 233 Å². The van der Waals surface area contributed by atoms with Crippen LogP contribution in [0.15, 0.2) is 84.2 Å². The third-order valence-corrected chi connectivity index (χ3v) is 7.88. The van der Waals surface area contributed by atoms with Crippen LogP contribution in [0.1, 0.15) is 34.6 Å². The maximum Gasteiger partial charge on any atom is 0.341 e. The molecule has 1 amide bonds. The molecule has 39 heavy (non-hydrogen) atoms. The Bertz CT molecular complexity index is 1640. The van der Waals surface area contributed by atoms with Crippen LogP contribution in [-0.4, -0.2) is 35.5 Å². The predicted octanol–water partition coefficient (Wildman–Crippen LogP) is 7.05. The van der Waals surface area contributed by atoms with E-state index in [0.29, 0.717) is 27.2 Å². The second-order valence-corrected chi connectivity index (χ2v) is 10.5. The number of anilines is 1. The van der Waals surface area contributed by atoms with Gasteiger partial charge in [0.15, 0.2) is 6.10 Å². The summed E-state index contributed by atoms with van der Waals surface area (Å²) in [6.45, 7) is 3.41. The number of nitrogens with one attached hydrogen (secondary N) is 1. The Kier molecular flexibility index (Phi) is 7.81. The molecule has 5 aromatic rings. The number of nitrogens with zero attached hydrogens (tertiary/aromatic N) is 1. The molecule has 0 aliphatic carbocycles. The fourth-order valence-electron chi connectivity index (χ4n) is 3.97. The maximum atomic E-state index is 13.3. The number of esters is 2. The lowest BCUT2D eigenvalue weighted by atomic mass is 10.1. The highest BCUT2D eigenvalue weighted by Gasteiger charge is 2.25. The molecular formula is C30H24N2O5S2. The van der Waals surface area contributed by atoms with E-state index < -0.39 is 23.9 Å². The van der Waals surface area contributed by atoms with E-state index in [4.69, 9.17) is 9.47 Å². The molecule has 7 nitrogen and oxygen atoms in total. The van der Waals surface area contributed by atoms with Crippen molar-refractivity contribution in [3.05, 3.63) is 95.4 Å². The molecule has 9 heteroatoms. The van der Waals surface area contributed by atoms with Crippen molar-refractivity contribution in [3.8, 4) is 21.0 Å². The third kappa shape index (κ3) is 5.74. The van der Waals surface area contributed by atoms with Gasteiger partial charge in [-0.05, 0) is 49.1 Å². The van der Waals surface area contributed by atoms with E-state index in [0.717, 1.165) is 15.3 Å². The molecule has 1 atom stereocenters. The molecule has 5 rings (SSSR count). The van der Waals surface area contributed by atoms with Gasteiger partial charge in [-0.2, -0.15) is 0 Å². The minimum absolute atomic E-state index is 0.199. The molecule has 196 valence electrons. The van der Waals surface area contributed by atoms with E-state index >= 15 is 0 Å². The smallest absolute Gasteiger partial charge is 0.341 e. The van der Waals surface area contributed by atoms with Crippen molar-refractivity contribution in [1.82, 2.24) is 4.98 Å². The summed E-state index contributed by atoms with van der Waals surface area (Å²) < 4.78 is 10.8. The van der Waals surface area contributed by atoms with Crippen molar-refractivity contribution >= 4 is 56.4 Å². The average Bonchev–Trinajstić information content (AvgIpc) is 3.64. The molecule has 1 unspecified atom stereocenters. The normalized spacial score (nSPS) is 11.6. The number of fused-ring (bicyclic) bond motifs is 1. The topological polar surface area (TPSA) is 94.6 Å². The van der Waals surface area contributed by atoms with Gasteiger partial charge in [-0.1, -0.05) is 54.6 Å². The molecule has 0 spiro atoms. The number of ether oxygens (including phenoxy) is 2. The first-order valence-corrected chi connectivity index (χ1v) is 14.0. The monoisotopic (exact) mass is 556 g/mol. The van der Waals surface area contributed by atoms with Gasteiger partial charge in [-0.25, -0.2) is 14.6 Å². The predicted molar refractivity (Wildman–Crippen MR) is 154 cm³/mol. The van der Waals surface area contributed by atoms with Crippen LogP contribution in [0.25, 0.3) is 31.9 Å². The van der Waals surface area contributed by atoms with Crippen LogP contribution in [-0.2, 0) is 14.3 Å². The molecule has 0 aliphatic rings. The Hall–Kier alpha value is -4.34. The lowest BCUT2D eigenvalue weighted by Gasteiger charge is -2.15. The van der Waals surface area contributed by atoms with Crippen LogP contribution < -0.4 is 5.32 Å². The Morgan fingerprint density at radius 1 is 0.897 bits per heavy atom. The minimum Gasteiger partial charge on any atom is -0.462 e. The van der Waals surface area contributed by atoms with Gasteiger partial charge in [0.2, 0.25) is 0 Å². The first kappa shape index (κ1) is 26.3. The second kappa shape index (κ2) is 11.6. The molecule has 0 saturated heterocycles. The van der Waals surface area contributed by atoms with Crippen LogP contribution in [0.4, 0.5) is 5.00 Å². The SMILES string of the molecule is CCOC(=O)c1cc(-c2ccccc2)sc1NC(=O)C(C)OC(=O)c1cc(-c2cccs2)nc2ccccc12. The summed E-state index contributed by atoms with van der Waals surface area (Å²) in [5.74, 6) is -1.75. The molecule has 0 radical (unpaired) electrons. The third-order valence-electron chi connectivity index (χ3n) is 5.89. The summed E-state index contributed by atoms with van der Waals surface area (Å²) in [6.07, 6.45) is -1.13. The minimum atomic E-state index is -1.13. The van der Waals surface area contributed by atoms with Gasteiger partial charge in [-0.3, -0.25) is 4.79 Å². The lowest BCUT2D eigenvalue weighted by Crippen LogP contribution is -2.30. The van der Waals surface area contributed by atoms with Gasteiger partial charge in [0, 0.05) is 10.3 Å². The van der Waals surface area contributed by atoms with Crippen LogP contribution >= 0.6 is 22.7 Å². The van der Waals surface area contributed by atoms with E-state index in [-0.39, 0.29) is 12.2 Å². The summed E-state index contributed by atoms with van der Waals surface area (Å²) in [4.78, 5) is 45.4. The highest BCUT2D eigenvalue weighted by Crippen LogP contribution is 2.36. The highest BCUT2D eigenvalue weighted by atomic mass is 32.1. The first-order chi connectivity index (χ1) is 18.9. The van der Waals surface area contributed by atoms with Gasteiger partial charge >= 0.3 is 11.9 Å². The van der Waals surface area contributed by atoms with Crippen LogP contribution in [0.5, 0.6) is 0 Å². The quantitative estimate of drug-likeness (QED) is 0.206. The first-order valence-electron chi connectivity index (χ1n) is 12.3. The molecule has 0 bridgehead atoms. The van der Waals surface area contributed by atoms with Crippen molar-refractivity contribution in [1.29, 1.82) is 0 Å². The molecule has 3 aromatic heterocycles. The molecule has 2 aromatic carbocycles. The largest absolute Gasteiger partial charge is 0.462 e. The second-order valence-electron chi connectivity index (χ2n) is 8.53.